The summed E-state index contributed by atoms with van der Waals surface area (Å²) in [6.45, 7) is 0.844. The van der Waals surface area contributed by atoms with Crippen LogP contribution in [0.2, 0.25) is 0 Å². The molecule has 0 aliphatic carbocycles. The fraction of sp³-hybridized carbons (Fsp3) is 0.296. The van der Waals surface area contributed by atoms with E-state index in [9.17, 15) is 4.79 Å². The number of para-hydroxylation sites is 1. The number of aliphatic carboxylic acids is 1. The molecule has 1 heterocycles. The van der Waals surface area contributed by atoms with Gasteiger partial charge in [-0.25, -0.2) is 0 Å². The molecule has 34 heavy (non-hydrogen) atoms. The summed E-state index contributed by atoms with van der Waals surface area (Å²) in [4.78, 5) is 12.7. The Balaban J connectivity index is 1.51. The molecular weight excluding hydrogens is 440 g/mol. The molecule has 4 rings (SSSR count). The molecule has 0 radical (unpaired) electrons. The van der Waals surface area contributed by atoms with Gasteiger partial charge in [0.1, 0.15) is 17.6 Å². The van der Waals surface area contributed by atoms with Crippen LogP contribution < -0.4 is 9.47 Å². The summed E-state index contributed by atoms with van der Waals surface area (Å²) in [5.74, 6) is -3.36. The lowest BCUT2D eigenvalue weighted by Gasteiger charge is -2.23. The van der Waals surface area contributed by atoms with Gasteiger partial charge in [-0.15, -0.1) is 0 Å². The van der Waals surface area contributed by atoms with Crippen LogP contribution in [0, 0.1) is 0 Å². The van der Waals surface area contributed by atoms with Gasteiger partial charge in [-0.05, 0) is 48.5 Å². The van der Waals surface area contributed by atoms with Gasteiger partial charge in [-0.1, -0.05) is 42.5 Å². The molecule has 1 aliphatic heterocycles. The van der Waals surface area contributed by atoms with Crippen LogP contribution in [-0.2, 0) is 17.1 Å². The highest BCUT2D eigenvalue weighted by Crippen LogP contribution is 2.44. The average molecular weight is 468 g/mol. The summed E-state index contributed by atoms with van der Waals surface area (Å²) < 4.78 is 42.3. The molecule has 1 N–H and O–H groups in total. The van der Waals surface area contributed by atoms with E-state index in [1.54, 1.807) is 30.1 Å². The number of rotatable bonds is 10. The van der Waals surface area contributed by atoms with E-state index in [2.05, 4.69) is 0 Å². The highest BCUT2D eigenvalue weighted by Gasteiger charge is 2.38. The number of halogens is 2. The largest absolute Gasteiger partial charge is 0.492 e. The molecule has 1 atom stereocenters. The number of likely N-dealkylation sites (N-methyl/N-ethyl adjacent to an activating group) is 1. The van der Waals surface area contributed by atoms with E-state index in [-0.39, 0.29) is 29.5 Å². The number of carbonyl (C=O) groups is 1. The molecule has 1 unspecified atom stereocenters. The zero-order valence-electron chi connectivity index (χ0n) is 18.9. The van der Waals surface area contributed by atoms with Crippen molar-refractivity contribution in [1.29, 1.82) is 0 Å². The summed E-state index contributed by atoms with van der Waals surface area (Å²) in [6, 6.07) is 20.3. The van der Waals surface area contributed by atoms with Gasteiger partial charge in [-0.3, -0.25) is 9.69 Å². The van der Waals surface area contributed by atoms with Crippen molar-refractivity contribution in [2.75, 3.05) is 26.7 Å². The second kappa shape index (κ2) is 10.2. The van der Waals surface area contributed by atoms with Crippen molar-refractivity contribution >= 4 is 5.97 Å². The molecule has 0 saturated heterocycles. The maximum atomic E-state index is 15.3. The van der Waals surface area contributed by atoms with Gasteiger partial charge in [0, 0.05) is 24.9 Å². The summed E-state index contributed by atoms with van der Waals surface area (Å²) >= 11 is 0. The minimum Gasteiger partial charge on any atom is -0.492 e. The van der Waals surface area contributed by atoms with Gasteiger partial charge in [0.2, 0.25) is 0 Å². The first-order chi connectivity index (χ1) is 16.3. The van der Waals surface area contributed by atoms with E-state index >= 15 is 8.78 Å². The summed E-state index contributed by atoms with van der Waals surface area (Å²) in [6.07, 6.45) is 0.822. The molecule has 0 aromatic heterocycles. The van der Waals surface area contributed by atoms with Crippen molar-refractivity contribution < 1.29 is 28.2 Å². The summed E-state index contributed by atoms with van der Waals surface area (Å²) in [7, 11) is 1.73. The molecule has 0 spiro atoms. The van der Waals surface area contributed by atoms with Crippen LogP contribution in [0.3, 0.4) is 0 Å². The smallest absolute Gasteiger partial charge is 0.317 e. The average Bonchev–Trinajstić information content (AvgIpc) is 3.31. The van der Waals surface area contributed by atoms with Crippen LogP contribution in [0.4, 0.5) is 8.78 Å². The van der Waals surface area contributed by atoms with Crippen LogP contribution in [0.1, 0.15) is 34.8 Å². The fourth-order valence-electron chi connectivity index (χ4n) is 4.13. The van der Waals surface area contributed by atoms with Gasteiger partial charge in [-0.2, -0.15) is 8.78 Å². The van der Waals surface area contributed by atoms with Crippen LogP contribution in [0.15, 0.2) is 72.8 Å². The Morgan fingerprint density at radius 3 is 2.53 bits per heavy atom. The molecule has 1 aliphatic rings. The van der Waals surface area contributed by atoms with Gasteiger partial charge in [0.15, 0.2) is 0 Å². The third-order valence-electron chi connectivity index (χ3n) is 5.90. The van der Waals surface area contributed by atoms with Gasteiger partial charge >= 0.3 is 11.9 Å². The van der Waals surface area contributed by atoms with Crippen molar-refractivity contribution in [2.45, 2.75) is 24.9 Å². The van der Waals surface area contributed by atoms with Gasteiger partial charge < -0.3 is 14.6 Å². The highest BCUT2D eigenvalue weighted by molar-refractivity contribution is 5.69. The SMILES string of the molecule is CN(CCC(Oc1ccc(C(F)(F)c2cccc3c2OCC3)cc1)c1ccccc1)CC(=O)O. The van der Waals surface area contributed by atoms with Crippen molar-refractivity contribution in [1.82, 2.24) is 4.90 Å². The van der Waals surface area contributed by atoms with Gasteiger partial charge in [0.25, 0.3) is 0 Å². The van der Waals surface area contributed by atoms with Crippen LogP contribution in [0.5, 0.6) is 11.5 Å². The molecule has 3 aromatic carbocycles. The molecule has 0 fully saturated rings. The zero-order valence-corrected chi connectivity index (χ0v) is 18.9. The third kappa shape index (κ3) is 5.37. The Morgan fingerprint density at radius 1 is 1.09 bits per heavy atom. The fourth-order valence-corrected chi connectivity index (χ4v) is 4.13. The Hall–Kier alpha value is -3.45. The second-order valence-corrected chi connectivity index (χ2v) is 8.43. The molecular formula is C27H27F2NO4. The lowest BCUT2D eigenvalue weighted by atomic mass is 9.97. The molecule has 0 saturated carbocycles. The molecule has 3 aromatic rings. The zero-order chi connectivity index (χ0) is 24.1. The first-order valence-electron chi connectivity index (χ1n) is 11.2. The van der Waals surface area contributed by atoms with E-state index in [0.717, 1.165) is 11.1 Å². The maximum absolute atomic E-state index is 15.3. The Morgan fingerprint density at radius 2 is 1.82 bits per heavy atom. The van der Waals surface area contributed by atoms with Crippen LogP contribution >= 0.6 is 0 Å². The number of hydrogen-bond acceptors (Lipinski definition) is 4. The van der Waals surface area contributed by atoms with Gasteiger partial charge in [0.05, 0.1) is 18.7 Å². The number of nitrogens with zero attached hydrogens (tertiary/aromatic N) is 1. The first-order valence-corrected chi connectivity index (χ1v) is 11.2. The Labute approximate surface area is 197 Å². The predicted molar refractivity (Wildman–Crippen MR) is 125 cm³/mol. The number of carboxylic acid groups (broad SMARTS) is 1. The van der Waals surface area contributed by atoms with Crippen LogP contribution in [0.25, 0.3) is 0 Å². The molecule has 7 heteroatoms. The summed E-state index contributed by atoms with van der Waals surface area (Å²) in [5.41, 5.74) is 1.47. The van der Waals surface area contributed by atoms with E-state index < -0.39 is 11.9 Å². The molecule has 0 amide bonds. The van der Waals surface area contributed by atoms with E-state index in [0.29, 0.717) is 31.7 Å². The van der Waals surface area contributed by atoms with Crippen molar-refractivity contribution in [3.8, 4) is 11.5 Å². The number of carboxylic acids is 1. The predicted octanol–water partition coefficient (Wildman–Crippen LogP) is 5.29. The number of fused-ring (bicyclic) bond motifs is 1. The van der Waals surface area contributed by atoms with Crippen LogP contribution in [-0.4, -0.2) is 42.7 Å². The normalized spacial score (nSPS) is 13.9. The monoisotopic (exact) mass is 467 g/mol. The Kier molecular flexibility index (Phi) is 7.12. The van der Waals surface area contributed by atoms with Crippen molar-refractivity contribution in [2.24, 2.45) is 0 Å². The molecule has 0 bridgehead atoms. The van der Waals surface area contributed by atoms with E-state index in [1.165, 1.54) is 18.2 Å². The highest BCUT2D eigenvalue weighted by atomic mass is 19.3. The number of hydrogen-bond donors (Lipinski definition) is 1. The first kappa shape index (κ1) is 23.7. The molecule has 5 nitrogen and oxygen atoms in total. The standard InChI is InChI=1S/C27H27F2NO4/c1-30(18-25(31)32)16-14-24(19-6-3-2-4-7-19)34-22-12-10-21(11-13-22)27(28,29)23-9-5-8-20-15-17-33-26(20)23/h2-13,24H,14-18H2,1H3,(H,31,32). The molecule has 178 valence electrons. The minimum absolute atomic E-state index is 0.0712. The lowest BCUT2D eigenvalue weighted by molar-refractivity contribution is -0.138. The second-order valence-electron chi connectivity index (χ2n) is 8.43. The third-order valence-corrected chi connectivity index (χ3v) is 5.90. The maximum Gasteiger partial charge on any atom is 0.317 e. The van der Waals surface area contributed by atoms with E-state index in [1.807, 2.05) is 36.4 Å². The summed E-state index contributed by atoms with van der Waals surface area (Å²) in [5, 5.41) is 8.98. The number of alkyl halides is 2. The van der Waals surface area contributed by atoms with Crippen molar-refractivity contribution in [3.05, 3.63) is 95.1 Å². The quantitative estimate of drug-likeness (QED) is 0.439. The topological polar surface area (TPSA) is 59.0 Å². The van der Waals surface area contributed by atoms with Crippen molar-refractivity contribution in [3.63, 3.8) is 0 Å². The number of ether oxygens (including phenoxy) is 2. The van der Waals surface area contributed by atoms with E-state index in [4.69, 9.17) is 14.6 Å². The minimum atomic E-state index is -3.20. The Bertz CT molecular complexity index is 1120. The lowest BCUT2D eigenvalue weighted by Crippen LogP contribution is -2.28. The number of benzene rings is 3.